The number of hydrogen-bond acceptors (Lipinski definition) is 3. The summed E-state index contributed by atoms with van der Waals surface area (Å²) in [6.45, 7) is 4.02. The van der Waals surface area contributed by atoms with Gasteiger partial charge in [-0.2, -0.15) is 0 Å². The topological polar surface area (TPSA) is 49.6 Å². The maximum Gasteiger partial charge on any atom is 0.225 e. The highest BCUT2D eigenvalue weighted by atomic mass is 16.2. The van der Waals surface area contributed by atoms with Gasteiger partial charge in [-0.15, -0.1) is 0 Å². The second kappa shape index (κ2) is 6.44. The van der Waals surface area contributed by atoms with E-state index in [-0.39, 0.29) is 12.0 Å². The highest BCUT2D eigenvalue weighted by Gasteiger charge is 2.32. The van der Waals surface area contributed by atoms with E-state index in [2.05, 4.69) is 9.80 Å². The molecule has 114 valence electrons. The lowest BCUT2D eigenvalue weighted by Gasteiger charge is -2.40. The molecule has 2 N–H and O–H groups in total. The van der Waals surface area contributed by atoms with Gasteiger partial charge in [0.05, 0.1) is 0 Å². The fourth-order valence-corrected chi connectivity index (χ4v) is 4.29. The molecule has 1 heterocycles. The first-order valence-corrected chi connectivity index (χ1v) is 8.52. The predicted octanol–water partition coefficient (Wildman–Crippen LogP) is 1.59. The zero-order valence-electron chi connectivity index (χ0n) is 12.6. The molecule has 1 amide bonds. The van der Waals surface area contributed by atoms with Crippen LogP contribution < -0.4 is 5.73 Å². The minimum atomic E-state index is 0.205. The summed E-state index contributed by atoms with van der Waals surface area (Å²) in [6, 6.07) is 1.05. The van der Waals surface area contributed by atoms with E-state index in [4.69, 9.17) is 5.73 Å². The highest BCUT2D eigenvalue weighted by Crippen LogP contribution is 2.27. The molecule has 4 heteroatoms. The minimum absolute atomic E-state index is 0.205. The van der Waals surface area contributed by atoms with Crippen LogP contribution in [0.25, 0.3) is 0 Å². The Hall–Kier alpha value is -0.610. The molecule has 3 rings (SSSR count). The predicted molar refractivity (Wildman–Crippen MR) is 80.3 cm³/mol. The molecule has 2 saturated carbocycles. The number of amides is 1. The van der Waals surface area contributed by atoms with Gasteiger partial charge in [-0.1, -0.05) is 19.3 Å². The lowest BCUT2D eigenvalue weighted by atomic mass is 9.85. The molecule has 3 fully saturated rings. The number of carbonyl (C=O) groups is 1. The summed E-state index contributed by atoms with van der Waals surface area (Å²) >= 11 is 0. The van der Waals surface area contributed by atoms with E-state index in [0.29, 0.717) is 5.91 Å². The SMILES string of the molecule is NC1CCCC(C(=O)N2CCN(C3CCCC3)CC2)C1. The summed E-state index contributed by atoms with van der Waals surface area (Å²) in [4.78, 5) is 17.3. The first kappa shape index (κ1) is 14.3. The van der Waals surface area contributed by atoms with Gasteiger partial charge in [0.25, 0.3) is 0 Å². The van der Waals surface area contributed by atoms with Crippen LogP contribution in [0.1, 0.15) is 51.4 Å². The fourth-order valence-electron chi connectivity index (χ4n) is 4.29. The van der Waals surface area contributed by atoms with Crippen LogP contribution in [0.4, 0.5) is 0 Å². The third-order valence-corrected chi connectivity index (χ3v) is 5.53. The quantitative estimate of drug-likeness (QED) is 0.835. The Morgan fingerprint density at radius 1 is 0.900 bits per heavy atom. The van der Waals surface area contributed by atoms with Gasteiger partial charge < -0.3 is 10.6 Å². The van der Waals surface area contributed by atoms with Gasteiger partial charge in [0.1, 0.15) is 0 Å². The van der Waals surface area contributed by atoms with Crippen LogP contribution in [0, 0.1) is 5.92 Å². The maximum absolute atomic E-state index is 12.6. The monoisotopic (exact) mass is 279 g/mol. The van der Waals surface area contributed by atoms with E-state index >= 15 is 0 Å². The molecule has 0 aromatic rings. The summed E-state index contributed by atoms with van der Waals surface area (Å²) in [5, 5.41) is 0. The number of rotatable bonds is 2. The third kappa shape index (κ3) is 3.17. The molecule has 1 aliphatic heterocycles. The number of hydrogen-bond donors (Lipinski definition) is 1. The van der Waals surface area contributed by atoms with Crippen LogP contribution in [0.3, 0.4) is 0 Å². The van der Waals surface area contributed by atoms with Crippen LogP contribution in [-0.4, -0.2) is 54.0 Å². The van der Waals surface area contributed by atoms with Gasteiger partial charge in [-0.05, 0) is 32.1 Å². The average Bonchev–Trinajstić information content (AvgIpc) is 3.01. The maximum atomic E-state index is 12.6. The molecule has 0 spiro atoms. The second-order valence-electron chi connectivity index (χ2n) is 6.92. The van der Waals surface area contributed by atoms with Crippen molar-refractivity contribution < 1.29 is 4.79 Å². The average molecular weight is 279 g/mol. The van der Waals surface area contributed by atoms with Crippen molar-refractivity contribution in [3.63, 3.8) is 0 Å². The van der Waals surface area contributed by atoms with Gasteiger partial charge >= 0.3 is 0 Å². The molecule has 2 unspecified atom stereocenters. The van der Waals surface area contributed by atoms with Gasteiger partial charge in [0, 0.05) is 44.2 Å². The van der Waals surface area contributed by atoms with E-state index in [0.717, 1.165) is 57.9 Å². The summed E-state index contributed by atoms with van der Waals surface area (Å²) in [6.07, 6.45) is 9.69. The number of nitrogens with two attached hydrogens (primary N) is 1. The summed E-state index contributed by atoms with van der Waals surface area (Å²) in [5.74, 6) is 0.586. The molecule has 2 aliphatic carbocycles. The third-order valence-electron chi connectivity index (χ3n) is 5.53. The Morgan fingerprint density at radius 2 is 1.60 bits per heavy atom. The molecule has 20 heavy (non-hydrogen) atoms. The van der Waals surface area contributed by atoms with E-state index < -0.39 is 0 Å². The van der Waals surface area contributed by atoms with Crippen molar-refractivity contribution in [3.05, 3.63) is 0 Å². The molecule has 4 nitrogen and oxygen atoms in total. The van der Waals surface area contributed by atoms with Crippen molar-refractivity contribution in [2.24, 2.45) is 11.7 Å². The normalized spacial score (nSPS) is 33.5. The van der Waals surface area contributed by atoms with Gasteiger partial charge in [-0.3, -0.25) is 9.69 Å². The fraction of sp³-hybridized carbons (Fsp3) is 0.938. The van der Waals surface area contributed by atoms with Crippen LogP contribution in [0.5, 0.6) is 0 Å². The number of piperazine rings is 1. The Labute approximate surface area is 122 Å². The van der Waals surface area contributed by atoms with Crippen molar-refractivity contribution >= 4 is 5.91 Å². The Balaban J connectivity index is 1.48. The lowest BCUT2D eigenvalue weighted by molar-refractivity contribution is -0.138. The first-order chi connectivity index (χ1) is 9.74. The van der Waals surface area contributed by atoms with Gasteiger partial charge in [-0.25, -0.2) is 0 Å². The van der Waals surface area contributed by atoms with Crippen LogP contribution in [0.15, 0.2) is 0 Å². The Kier molecular flexibility index (Phi) is 4.61. The van der Waals surface area contributed by atoms with Crippen LogP contribution in [0.2, 0.25) is 0 Å². The van der Waals surface area contributed by atoms with E-state index in [9.17, 15) is 4.79 Å². The summed E-state index contributed by atoms with van der Waals surface area (Å²) in [5.41, 5.74) is 6.02. The molecule has 3 aliphatic rings. The van der Waals surface area contributed by atoms with E-state index in [1.54, 1.807) is 0 Å². The first-order valence-electron chi connectivity index (χ1n) is 8.52. The molecule has 2 atom stereocenters. The molecule has 0 bridgehead atoms. The van der Waals surface area contributed by atoms with E-state index in [1.807, 2.05) is 0 Å². The zero-order chi connectivity index (χ0) is 13.9. The molecule has 0 aromatic heterocycles. The Morgan fingerprint density at radius 3 is 2.25 bits per heavy atom. The lowest BCUT2D eigenvalue weighted by Crippen LogP contribution is -2.53. The molecular formula is C16H29N3O. The molecule has 0 radical (unpaired) electrons. The van der Waals surface area contributed by atoms with Crippen molar-refractivity contribution in [1.29, 1.82) is 0 Å². The van der Waals surface area contributed by atoms with Crippen molar-refractivity contribution in [3.8, 4) is 0 Å². The Bertz CT molecular complexity index is 333. The minimum Gasteiger partial charge on any atom is -0.340 e. The summed E-state index contributed by atoms with van der Waals surface area (Å²) in [7, 11) is 0. The van der Waals surface area contributed by atoms with Gasteiger partial charge in [0.15, 0.2) is 0 Å². The van der Waals surface area contributed by atoms with Crippen molar-refractivity contribution in [2.45, 2.75) is 63.5 Å². The molecule has 0 aromatic carbocycles. The molecular weight excluding hydrogens is 250 g/mol. The number of nitrogens with zero attached hydrogens (tertiary/aromatic N) is 2. The molecule has 1 saturated heterocycles. The summed E-state index contributed by atoms with van der Waals surface area (Å²) < 4.78 is 0. The standard InChI is InChI=1S/C16H29N3O/c17-14-5-3-4-13(12-14)16(20)19-10-8-18(9-11-19)15-6-1-2-7-15/h13-15H,1-12,17H2. The second-order valence-corrected chi connectivity index (χ2v) is 6.92. The zero-order valence-corrected chi connectivity index (χ0v) is 12.6. The largest absolute Gasteiger partial charge is 0.340 e. The van der Waals surface area contributed by atoms with E-state index in [1.165, 1.54) is 25.7 Å². The number of carbonyl (C=O) groups excluding carboxylic acids is 1. The smallest absolute Gasteiger partial charge is 0.225 e. The van der Waals surface area contributed by atoms with Crippen LogP contribution in [-0.2, 0) is 4.79 Å². The van der Waals surface area contributed by atoms with Crippen molar-refractivity contribution in [2.75, 3.05) is 26.2 Å². The van der Waals surface area contributed by atoms with Gasteiger partial charge in [0.2, 0.25) is 5.91 Å². The highest BCUT2D eigenvalue weighted by molar-refractivity contribution is 5.79. The van der Waals surface area contributed by atoms with Crippen LogP contribution >= 0.6 is 0 Å². The van der Waals surface area contributed by atoms with Crippen molar-refractivity contribution in [1.82, 2.24) is 9.80 Å².